The topological polar surface area (TPSA) is 132 Å². The Bertz CT molecular complexity index is 1580. The largest absolute Gasteiger partial charge is 0.477 e. The van der Waals surface area contributed by atoms with Crippen LogP contribution in [0, 0.1) is 5.92 Å². The van der Waals surface area contributed by atoms with Crippen molar-refractivity contribution in [1.82, 2.24) is 19.7 Å². The van der Waals surface area contributed by atoms with Crippen LogP contribution in [0.15, 0.2) is 66.0 Å². The molecule has 0 radical (unpaired) electrons. The van der Waals surface area contributed by atoms with Crippen molar-refractivity contribution in [1.29, 1.82) is 0 Å². The number of carbonyl (C=O) groups is 1. The molecule has 0 atom stereocenters. The molecule has 2 N–H and O–H groups in total. The Morgan fingerprint density at radius 2 is 1.92 bits per heavy atom. The number of pyridine rings is 2. The Morgan fingerprint density at radius 3 is 2.72 bits per heavy atom. The number of sulfonamides is 1. The number of hydrogen-bond donors (Lipinski definition) is 2. The van der Waals surface area contributed by atoms with E-state index in [2.05, 4.69) is 19.7 Å². The summed E-state index contributed by atoms with van der Waals surface area (Å²) < 4.78 is 45.8. The second-order valence-corrected chi connectivity index (χ2v) is 11.4. The zero-order chi connectivity index (χ0) is 27.4. The van der Waals surface area contributed by atoms with Gasteiger partial charge in [0, 0.05) is 30.4 Å². The third-order valence-electron chi connectivity index (χ3n) is 6.54. The third kappa shape index (κ3) is 6.21. The van der Waals surface area contributed by atoms with Gasteiger partial charge in [0.1, 0.15) is 22.0 Å². The van der Waals surface area contributed by atoms with Gasteiger partial charge in [0.15, 0.2) is 0 Å². The Morgan fingerprint density at radius 1 is 1.13 bits per heavy atom. The van der Waals surface area contributed by atoms with Gasteiger partial charge < -0.3 is 19.2 Å². The summed E-state index contributed by atoms with van der Waals surface area (Å²) in [5.74, 6) is 0.493. The number of nitrogens with zero attached hydrogens (tertiary/aromatic N) is 2. The standard InChI is InChI=1S/C28H30N4O6S/c1-18(2)24-14-22(16-31-28(24)37-17-19-8-11-36-12-9-19)39(34,35)32-27(33)23-5-3-4-6-25(23)38-21-13-20-7-10-29-26(20)30-15-21/h3-7,10,13-16,18-19H,8-9,11-12,17H2,1-2H3,(H,29,30)(H,32,33). The van der Waals surface area contributed by atoms with Crippen molar-refractivity contribution in [2.45, 2.75) is 37.5 Å². The molecule has 1 saturated heterocycles. The molecule has 0 bridgehead atoms. The molecule has 11 heteroatoms. The highest BCUT2D eigenvalue weighted by Crippen LogP contribution is 2.30. The molecule has 1 amide bonds. The molecule has 5 rings (SSSR count). The first kappa shape index (κ1) is 26.6. The quantitative estimate of drug-likeness (QED) is 0.304. The predicted molar refractivity (Wildman–Crippen MR) is 145 cm³/mol. The molecule has 10 nitrogen and oxygen atoms in total. The van der Waals surface area contributed by atoms with Crippen molar-refractivity contribution in [3.05, 3.63) is 72.2 Å². The van der Waals surface area contributed by atoms with Gasteiger partial charge in [0.25, 0.3) is 15.9 Å². The van der Waals surface area contributed by atoms with Gasteiger partial charge in [0.2, 0.25) is 5.88 Å². The molecule has 1 aliphatic rings. The van der Waals surface area contributed by atoms with Crippen molar-refractivity contribution < 1.29 is 27.4 Å². The SMILES string of the molecule is CC(C)c1cc(S(=O)(=O)NC(=O)c2ccccc2Oc2cnc3[nH]ccc3c2)cnc1OCC1CCOCC1. The average molecular weight is 551 g/mol. The second-order valence-electron chi connectivity index (χ2n) is 9.71. The van der Waals surface area contributed by atoms with Gasteiger partial charge in [0.05, 0.1) is 24.6 Å². The minimum absolute atomic E-state index is 0.0480. The summed E-state index contributed by atoms with van der Waals surface area (Å²) in [6.45, 7) is 5.77. The van der Waals surface area contributed by atoms with Crippen molar-refractivity contribution >= 4 is 27.0 Å². The fraction of sp³-hybridized carbons (Fsp3) is 0.321. The number of aromatic amines is 1. The third-order valence-corrected chi connectivity index (χ3v) is 7.84. The molecular weight excluding hydrogens is 520 g/mol. The van der Waals surface area contributed by atoms with Crippen LogP contribution < -0.4 is 14.2 Å². The summed E-state index contributed by atoms with van der Waals surface area (Å²) in [5, 5.41) is 0.839. The summed E-state index contributed by atoms with van der Waals surface area (Å²) in [5.41, 5.74) is 1.41. The van der Waals surface area contributed by atoms with E-state index in [0.717, 1.165) is 18.2 Å². The second kappa shape index (κ2) is 11.4. The summed E-state index contributed by atoms with van der Waals surface area (Å²) >= 11 is 0. The summed E-state index contributed by atoms with van der Waals surface area (Å²) in [4.78, 5) is 24.6. The number of ether oxygens (including phenoxy) is 3. The molecular formula is C28H30N4O6S. The Balaban J connectivity index is 1.33. The van der Waals surface area contributed by atoms with E-state index in [0.29, 0.717) is 48.6 Å². The number of fused-ring (bicyclic) bond motifs is 1. The van der Waals surface area contributed by atoms with Crippen LogP contribution in [-0.4, -0.2) is 49.1 Å². The Labute approximate surface area is 226 Å². The highest BCUT2D eigenvalue weighted by Gasteiger charge is 2.24. The van der Waals surface area contributed by atoms with E-state index >= 15 is 0 Å². The zero-order valence-corrected chi connectivity index (χ0v) is 22.5. The van der Waals surface area contributed by atoms with E-state index in [4.69, 9.17) is 14.2 Å². The van der Waals surface area contributed by atoms with Gasteiger partial charge in [-0.2, -0.15) is 0 Å². The first-order valence-electron chi connectivity index (χ1n) is 12.8. The van der Waals surface area contributed by atoms with E-state index in [1.165, 1.54) is 24.5 Å². The van der Waals surface area contributed by atoms with Gasteiger partial charge in [-0.1, -0.05) is 26.0 Å². The number of amides is 1. The number of carbonyl (C=O) groups excluding carboxylic acids is 1. The lowest BCUT2D eigenvalue weighted by atomic mass is 10.0. The lowest BCUT2D eigenvalue weighted by molar-refractivity contribution is 0.0488. The van der Waals surface area contributed by atoms with E-state index in [9.17, 15) is 13.2 Å². The van der Waals surface area contributed by atoms with Crippen LogP contribution in [0.1, 0.15) is 48.5 Å². The van der Waals surface area contributed by atoms with Crippen molar-refractivity contribution in [2.75, 3.05) is 19.8 Å². The summed E-state index contributed by atoms with van der Waals surface area (Å²) in [7, 11) is -4.23. The fourth-order valence-corrected chi connectivity index (χ4v) is 5.27. The number of hydrogen-bond acceptors (Lipinski definition) is 8. The molecule has 0 unspecified atom stereocenters. The number of nitrogens with one attached hydrogen (secondary N) is 2. The van der Waals surface area contributed by atoms with Crippen molar-refractivity contribution in [3.63, 3.8) is 0 Å². The molecule has 1 aromatic carbocycles. The van der Waals surface area contributed by atoms with Gasteiger partial charge >= 0.3 is 0 Å². The molecule has 4 heterocycles. The normalized spacial score (nSPS) is 14.4. The fourth-order valence-electron chi connectivity index (χ4n) is 4.32. The molecule has 1 aliphatic heterocycles. The molecule has 0 spiro atoms. The molecule has 4 aromatic rings. The monoisotopic (exact) mass is 550 g/mol. The van der Waals surface area contributed by atoms with Gasteiger partial charge in [-0.15, -0.1) is 0 Å². The van der Waals surface area contributed by atoms with E-state index in [1.54, 1.807) is 30.5 Å². The van der Waals surface area contributed by atoms with Crippen molar-refractivity contribution in [3.8, 4) is 17.4 Å². The van der Waals surface area contributed by atoms with E-state index < -0.39 is 15.9 Å². The Hall–Kier alpha value is -3.96. The molecule has 39 heavy (non-hydrogen) atoms. The lowest BCUT2D eigenvalue weighted by Gasteiger charge is -2.23. The molecule has 1 fully saturated rings. The first-order chi connectivity index (χ1) is 18.8. The number of H-pyrrole nitrogens is 1. The van der Waals surface area contributed by atoms with Crippen LogP contribution in [0.25, 0.3) is 11.0 Å². The maximum atomic E-state index is 13.2. The highest BCUT2D eigenvalue weighted by molar-refractivity contribution is 7.90. The minimum Gasteiger partial charge on any atom is -0.477 e. The molecule has 0 saturated carbocycles. The van der Waals surface area contributed by atoms with Gasteiger partial charge in [-0.25, -0.2) is 23.1 Å². The summed E-state index contributed by atoms with van der Waals surface area (Å²) in [6, 6.07) is 11.5. The van der Waals surface area contributed by atoms with Crippen molar-refractivity contribution in [2.24, 2.45) is 5.92 Å². The predicted octanol–water partition coefficient (Wildman–Crippen LogP) is 4.80. The maximum absolute atomic E-state index is 13.2. The maximum Gasteiger partial charge on any atom is 0.268 e. The number of rotatable bonds is 9. The van der Waals surface area contributed by atoms with Crippen LogP contribution in [0.4, 0.5) is 0 Å². The lowest BCUT2D eigenvalue weighted by Crippen LogP contribution is -2.31. The van der Waals surface area contributed by atoms with Gasteiger partial charge in [-0.3, -0.25) is 4.79 Å². The number of aromatic nitrogens is 3. The van der Waals surface area contributed by atoms with E-state index in [1.807, 2.05) is 19.9 Å². The number of para-hydroxylation sites is 1. The molecule has 0 aliphatic carbocycles. The molecule has 3 aromatic heterocycles. The van der Waals surface area contributed by atoms with Gasteiger partial charge in [-0.05, 0) is 55.0 Å². The minimum atomic E-state index is -4.23. The van der Waals surface area contributed by atoms with Crippen LogP contribution in [0.3, 0.4) is 0 Å². The smallest absolute Gasteiger partial charge is 0.268 e. The van der Waals surface area contributed by atoms with Crippen LogP contribution in [0.2, 0.25) is 0 Å². The molecule has 204 valence electrons. The van der Waals surface area contributed by atoms with Crippen LogP contribution >= 0.6 is 0 Å². The summed E-state index contributed by atoms with van der Waals surface area (Å²) in [6.07, 6.45) is 6.32. The highest BCUT2D eigenvalue weighted by atomic mass is 32.2. The van der Waals surface area contributed by atoms with Crippen LogP contribution in [-0.2, 0) is 14.8 Å². The van der Waals surface area contributed by atoms with E-state index in [-0.39, 0.29) is 22.1 Å². The first-order valence-corrected chi connectivity index (χ1v) is 14.3. The Kier molecular flexibility index (Phi) is 7.80. The number of benzene rings is 1. The zero-order valence-electron chi connectivity index (χ0n) is 21.7. The van der Waals surface area contributed by atoms with Crippen LogP contribution in [0.5, 0.6) is 17.4 Å². The average Bonchev–Trinajstić information content (AvgIpc) is 3.40.